The number of carbonyl (C=O) groups is 2. The van der Waals surface area contributed by atoms with Crippen molar-refractivity contribution in [2.45, 2.75) is 82.6 Å². The van der Waals surface area contributed by atoms with Crippen LogP contribution < -0.4 is 5.32 Å². The number of nitrogens with one attached hydrogen (secondary N) is 1. The zero-order valence-corrected chi connectivity index (χ0v) is 17.2. The van der Waals surface area contributed by atoms with E-state index in [4.69, 9.17) is 4.74 Å². The summed E-state index contributed by atoms with van der Waals surface area (Å²) in [5, 5.41) is 3.51. The second-order valence-electron chi connectivity index (χ2n) is 8.95. The molecule has 28 heavy (non-hydrogen) atoms. The molecule has 152 valence electrons. The molecule has 3 rings (SSSR count). The highest BCUT2D eigenvalue weighted by Gasteiger charge is 2.53. The monoisotopic (exact) mass is 384 g/mol. The molecular formula is C23H32N2O3. The number of ether oxygens (including phenoxy) is 1. The molecule has 0 unspecified atom stereocenters. The van der Waals surface area contributed by atoms with Crippen LogP contribution in [0.2, 0.25) is 0 Å². The molecule has 0 aromatic heterocycles. The van der Waals surface area contributed by atoms with E-state index >= 15 is 0 Å². The van der Waals surface area contributed by atoms with Crippen LogP contribution in [0.4, 0.5) is 0 Å². The number of esters is 1. The molecule has 1 amide bonds. The minimum Gasteiger partial charge on any atom is -0.458 e. The topological polar surface area (TPSA) is 58.6 Å². The van der Waals surface area contributed by atoms with Crippen molar-refractivity contribution in [1.82, 2.24) is 10.2 Å². The molecule has 0 spiro atoms. The van der Waals surface area contributed by atoms with Crippen LogP contribution in [0.25, 0.3) is 0 Å². The van der Waals surface area contributed by atoms with Gasteiger partial charge in [-0.15, -0.1) is 6.58 Å². The van der Waals surface area contributed by atoms with Crippen molar-refractivity contribution >= 4 is 11.9 Å². The lowest BCUT2D eigenvalue weighted by atomic mass is 9.82. The largest absolute Gasteiger partial charge is 0.458 e. The van der Waals surface area contributed by atoms with Gasteiger partial charge >= 0.3 is 5.97 Å². The van der Waals surface area contributed by atoms with Gasteiger partial charge in [-0.3, -0.25) is 10.1 Å². The molecular weight excluding hydrogens is 352 g/mol. The van der Waals surface area contributed by atoms with Crippen molar-refractivity contribution in [3.05, 3.63) is 48.6 Å². The van der Waals surface area contributed by atoms with Gasteiger partial charge in [0.25, 0.3) is 0 Å². The summed E-state index contributed by atoms with van der Waals surface area (Å²) >= 11 is 0. The third-order valence-electron chi connectivity index (χ3n) is 5.70. The first-order chi connectivity index (χ1) is 13.3. The molecule has 2 saturated heterocycles. The van der Waals surface area contributed by atoms with E-state index in [1.807, 2.05) is 51.1 Å². The highest BCUT2D eigenvalue weighted by molar-refractivity contribution is 5.92. The minimum absolute atomic E-state index is 0.00735. The van der Waals surface area contributed by atoms with Crippen LogP contribution >= 0.6 is 0 Å². The normalized spacial score (nSPS) is 27.4. The van der Waals surface area contributed by atoms with Gasteiger partial charge in [0.15, 0.2) is 0 Å². The van der Waals surface area contributed by atoms with Crippen LogP contribution in [0.15, 0.2) is 43.0 Å². The number of hydrogen-bond acceptors (Lipinski definition) is 4. The average molecular weight is 385 g/mol. The molecule has 2 aliphatic heterocycles. The van der Waals surface area contributed by atoms with Gasteiger partial charge in [-0.1, -0.05) is 36.4 Å². The fourth-order valence-electron chi connectivity index (χ4n) is 4.38. The number of amides is 1. The number of nitrogens with zero attached hydrogens (tertiary/aromatic N) is 1. The summed E-state index contributed by atoms with van der Waals surface area (Å²) in [6.45, 7) is 10.1. The van der Waals surface area contributed by atoms with Crippen LogP contribution in [-0.2, 0) is 20.9 Å². The van der Waals surface area contributed by atoms with Crippen LogP contribution in [-0.4, -0.2) is 40.0 Å². The average Bonchev–Trinajstić information content (AvgIpc) is 3.07. The number of carbonyl (C=O) groups excluding carboxylic acids is 2. The maximum atomic E-state index is 13.6. The summed E-state index contributed by atoms with van der Waals surface area (Å²) < 4.78 is 5.60. The first kappa shape index (κ1) is 20.6. The number of fused-ring (bicyclic) bond motifs is 1. The molecule has 0 radical (unpaired) electrons. The molecule has 0 aliphatic carbocycles. The van der Waals surface area contributed by atoms with E-state index in [1.54, 1.807) is 11.0 Å². The summed E-state index contributed by atoms with van der Waals surface area (Å²) in [6, 6.07) is 9.70. The van der Waals surface area contributed by atoms with E-state index < -0.39 is 17.2 Å². The van der Waals surface area contributed by atoms with Crippen molar-refractivity contribution in [3.63, 3.8) is 0 Å². The van der Waals surface area contributed by atoms with Crippen molar-refractivity contribution in [2.24, 2.45) is 0 Å². The fourth-order valence-corrected chi connectivity index (χ4v) is 4.38. The highest BCUT2D eigenvalue weighted by atomic mass is 16.6. The minimum atomic E-state index is -0.710. The van der Waals surface area contributed by atoms with Crippen LogP contribution in [0, 0.1) is 0 Å². The Bertz CT molecular complexity index is 725. The number of hydrogen-bond donors (Lipinski definition) is 1. The zero-order valence-electron chi connectivity index (χ0n) is 17.2. The molecule has 1 N–H and O–H groups in total. The van der Waals surface area contributed by atoms with Gasteiger partial charge in [0, 0.05) is 12.6 Å². The third-order valence-corrected chi connectivity index (χ3v) is 5.70. The molecule has 0 saturated carbocycles. The SMILES string of the molecule is C=CC[C@@]1(NCc2ccccc2)CC[C@@H]2CC[C@@H](C(=O)OC(C)(C)C)N2C1=O. The van der Waals surface area contributed by atoms with Crippen molar-refractivity contribution in [3.8, 4) is 0 Å². The van der Waals surface area contributed by atoms with Gasteiger partial charge in [-0.05, 0) is 58.4 Å². The number of benzene rings is 1. The summed E-state index contributed by atoms with van der Waals surface area (Å²) in [6.07, 6.45) is 5.53. The maximum Gasteiger partial charge on any atom is 0.329 e. The first-order valence-electron chi connectivity index (χ1n) is 10.2. The number of rotatable bonds is 6. The molecule has 5 nitrogen and oxygen atoms in total. The fraction of sp³-hybridized carbons (Fsp3) is 0.565. The molecule has 2 heterocycles. The second-order valence-corrected chi connectivity index (χ2v) is 8.95. The van der Waals surface area contributed by atoms with Crippen molar-refractivity contribution in [2.75, 3.05) is 0 Å². The Morgan fingerprint density at radius 3 is 2.64 bits per heavy atom. The van der Waals surface area contributed by atoms with Gasteiger partial charge in [-0.25, -0.2) is 4.79 Å². The molecule has 1 aromatic carbocycles. The molecule has 2 aliphatic rings. The Labute approximate surface area is 168 Å². The molecule has 1 aromatic rings. The van der Waals surface area contributed by atoms with Gasteiger partial charge < -0.3 is 9.64 Å². The van der Waals surface area contributed by atoms with E-state index in [9.17, 15) is 9.59 Å². The Kier molecular flexibility index (Phi) is 5.94. The lowest BCUT2D eigenvalue weighted by molar-refractivity contribution is -0.167. The third kappa shape index (κ3) is 4.30. The van der Waals surface area contributed by atoms with E-state index in [0.717, 1.165) is 24.8 Å². The highest BCUT2D eigenvalue weighted by Crippen LogP contribution is 2.39. The van der Waals surface area contributed by atoms with E-state index in [0.29, 0.717) is 19.4 Å². The van der Waals surface area contributed by atoms with E-state index in [2.05, 4.69) is 11.9 Å². The van der Waals surface area contributed by atoms with Crippen LogP contribution in [0.5, 0.6) is 0 Å². The second kappa shape index (κ2) is 8.08. The zero-order chi connectivity index (χ0) is 20.4. The molecule has 0 bridgehead atoms. The van der Waals surface area contributed by atoms with Gasteiger partial charge in [0.2, 0.25) is 5.91 Å². The Morgan fingerprint density at radius 1 is 1.29 bits per heavy atom. The Morgan fingerprint density at radius 2 is 2.00 bits per heavy atom. The maximum absolute atomic E-state index is 13.6. The Balaban J connectivity index is 1.80. The lowest BCUT2D eigenvalue weighted by Gasteiger charge is -2.45. The standard InChI is InChI=1S/C23H32N2O3/c1-5-14-23(24-16-17-9-7-6-8-10-17)15-13-18-11-12-19(25(18)21(23)27)20(26)28-22(2,3)4/h5-10,18-19,24H,1,11-16H2,2-4H3/t18-,19-,23+/m0/s1. The van der Waals surface area contributed by atoms with Crippen LogP contribution in [0.1, 0.15) is 58.4 Å². The summed E-state index contributed by atoms with van der Waals surface area (Å²) in [4.78, 5) is 28.2. The van der Waals surface area contributed by atoms with Gasteiger partial charge in [-0.2, -0.15) is 0 Å². The Hall–Kier alpha value is -2.14. The van der Waals surface area contributed by atoms with Crippen molar-refractivity contribution < 1.29 is 14.3 Å². The summed E-state index contributed by atoms with van der Waals surface area (Å²) in [5.41, 5.74) is -0.137. The number of piperidine rings is 1. The van der Waals surface area contributed by atoms with Crippen molar-refractivity contribution in [1.29, 1.82) is 0 Å². The van der Waals surface area contributed by atoms with Gasteiger partial charge in [0.05, 0.1) is 0 Å². The first-order valence-corrected chi connectivity index (χ1v) is 10.2. The van der Waals surface area contributed by atoms with Gasteiger partial charge in [0.1, 0.15) is 17.2 Å². The summed E-state index contributed by atoms with van der Waals surface area (Å²) in [5.74, 6) is -0.284. The quantitative estimate of drug-likeness (QED) is 0.602. The van der Waals surface area contributed by atoms with E-state index in [1.165, 1.54) is 0 Å². The lowest BCUT2D eigenvalue weighted by Crippen LogP contribution is -2.64. The smallest absolute Gasteiger partial charge is 0.329 e. The van der Waals surface area contributed by atoms with E-state index in [-0.39, 0.29) is 17.9 Å². The molecule has 5 heteroatoms. The predicted octanol–water partition coefficient (Wildman–Crippen LogP) is 3.59. The van der Waals surface area contributed by atoms with Crippen LogP contribution in [0.3, 0.4) is 0 Å². The predicted molar refractivity (Wildman–Crippen MR) is 110 cm³/mol. The molecule has 3 atom stereocenters. The molecule has 2 fully saturated rings. The summed E-state index contributed by atoms with van der Waals surface area (Å²) in [7, 11) is 0.